The predicted molar refractivity (Wildman–Crippen MR) is 71.3 cm³/mol. The van der Waals surface area contributed by atoms with Crippen LogP contribution in [0.4, 0.5) is 5.69 Å². The predicted octanol–water partition coefficient (Wildman–Crippen LogP) is 1.33. The van der Waals surface area contributed by atoms with Crippen LogP contribution >= 0.6 is 0 Å². The van der Waals surface area contributed by atoms with Crippen molar-refractivity contribution in [3.05, 3.63) is 30.3 Å². The first kappa shape index (κ1) is 12.9. The Kier molecular flexibility index (Phi) is 4.59. The lowest BCUT2D eigenvalue weighted by Gasteiger charge is -2.31. The van der Waals surface area contributed by atoms with Gasteiger partial charge < -0.3 is 15.3 Å². The summed E-state index contributed by atoms with van der Waals surface area (Å²) < 4.78 is 0. The Morgan fingerprint density at radius 1 is 1.28 bits per heavy atom. The van der Waals surface area contributed by atoms with Crippen molar-refractivity contribution in [2.45, 2.75) is 12.8 Å². The second kappa shape index (κ2) is 6.40. The van der Waals surface area contributed by atoms with Crippen molar-refractivity contribution in [2.24, 2.45) is 5.92 Å². The second-order valence-corrected chi connectivity index (χ2v) is 4.73. The van der Waals surface area contributed by atoms with Crippen molar-refractivity contribution in [1.82, 2.24) is 4.90 Å². The minimum absolute atomic E-state index is 0.134. The zero-order chi connectivity index (χ0) is 12.8. The number of aliphatic hydroxyl groups excluding tert-OH is 1. The smallest absolute Gasteiger partial charge is 0.241 e. The number of rotatable bonds is 4. The molecule has 2 rings (SSSR count). The molecule has 1 aliphatic rings. The molecule has 0 radical (unpaired) electrons. The number of benzene rings is 1. The van der Waals surface area contributed by atoms with E-state index in [1.807, 2.05) is 35.2 Å². The maximum absolute atomic E-state index is 12.0. The molecule has 1 saturated heterocycles. The summed E-state index contributed by atoms with van der Waals surface area (Å²) in [5, 5.41) is 12.2. The molecule has 0 aliphatic carbocycles. The molecule has 1 heterocycles. The molecule has 1 fully saturated rings. The molecule has 0 unspecified atom stereocenters. The van der Waals surface area contributed by atoms with Crippen LogP contribution in [0.2, 0.25) is 0 Å². The fraction of sp³-hybridized carbons (Fsp3) is 0.500. The number of nitrogens with one attached hydrogen (secondary N) is 1. The van der Waals surface area contributed by atoms with Gasteiger partial charge in [0.05, 0.1) is 6.54 Å². The minimum atomic E-state index is 0.134. The van der Waals surface area contributed by atoms with Gasteiger partial charge >= 0.3 is 0 Å². The molecule has 2 N–H and O–H groups in total. The second-order valence-electron chi connectivity index (χ2n) is 4.73. The van der Waals surface area contributed by atoms with E-state index in [1.165, 1.54) is 0 Å². The quantitative estimate of drug-likeness (QED) is 0.845. The number of carbonyl (C=O) groups excluding carboxylic acids is 1. The Morgan fingerprint density at radius 3 is 2.56 bits per heavy atom. The summed E-state index contributed by atoms with van der Waals surface area (Å²) in [5.74, 6) is 0.506. The number of para-hydroxylation sites is 1. The number of carbonyl (C=O) groups is 1. The number of amides is 1. The third-order valence-electron chi connectivity index (χ3n) is 3.44. The largest absolute Gasteiger partial charge is 0.396 e. The van der Waals surface area contributed by atoms with E-state index < -0.39 is 0 Å². The SMILES string of the molecule is O=C(CNc1ccccc1)N1CCC(CO)CC1. The summed E-state index contributed by atoms with van der Waals surface area (Å²) in [7, 11) is 0. The van der Waals surface area contributed by atoms with Gasteiger partial charge in [-0.2, -0.15) is 0 Å². The molecule has 1 aliphatic heterocycles. The fourth-order valence-electron chi connectivity index (χ4n) is 2.21. The summed E-state index contributed by atoms with van der Waals surface area (Å²) in [6.07, 6.45) is 1.82. The Morgan fingerprint density at radius 2 is 1.94 bits per heavy atom. The molecule has 1 amide bonds. The van der Waals surface area contributed by atoms with Crippen LogP contribution in [0.15, 0.2) is 30.3 Å². The standard InChI is InChI=1S/C14H20N2O2/c17-11-12-6-8-16(9-7-12)14(18)10-15-13-4-2-1-3-5-13/h1-5,12,15,17H,6-11H2. The van der Waals surface area contributed by atoms with Crippen molar-refractivity contribution >= 4 is 11.6 Å². The van der Waals surface area contributed by atoms with Crippen molar-refractivity contribution in [2.75, 3.05) is 31.6 Å². The number of anilines is 1. The maximum atomic E-state index is 12.0. The summed E-state index contributed by atoms with van der Waals surface area (Å²) in [6, 6.07) is 9.74. The minimum Gasteiger partial charge on any atom is -0.396 e. The molecule has 4 heteroatoms. The van der Waals surface area contributed by atoms with E-state index in [2.05, 4.69) is 5.32 Å². The van der Waals surface area contributed by atoms with Crippen LogP contribution in [-0.4, -0.2) is 42.2 Å². The first-order valence-electron chi connectivity index (χ1n) is 6.47. The fourth-order valence-corrected chi connectivity index (χ4v) is 2.21. The van der Waals surface area contributed by atoms with E-state index in [9.17, 15) is 4.79 Å². The lowest BCUT2D eigenvalue weighted by Crippen LogP contribution is -2.41. The highest BCUT2D eigenvalue weighted by Crippen LogP contribution is 2.16. The van der Waals surface area contributed by atoms with E-state index >= 15 is 0 Å². The Bertz CT molecular complexity index is 373. The van der Waals surface area contributed by atoms with Gasteiger partial charge in [0.1, 0.15) is 0 Å². The van der Waals surface area contributed by atoms with Gasteiger partial charge in [-0.05, 0) is 30.9 Å². The molecular formula is C14H20N2O2. The van der Waals surface area contributed by atoms with Crippen LogP contribution in [0.5, 0.6) is 0 Å². The molecule has 18 heavy (non-hydrogen) atoms. The Balaban J connectivity index is 1.75. The third-order valence-corrected chi connectivity index (χ3v) is 3.44. The van der Waals surface area contributed by atoms with Crippen molar-refractivity contribution in [1.29, 1.82) is 0 Å². The topological polar surface area (TPSA) is 52.6 Å². The molecule has 0 saturated carbocycles. The molecule has 0 bridgehead atoms. The first-order chi connectivity index (χ1) is 8.79. The third kappa shape index (κ3) is 3.47. The van der Waals surface area contributed by atoms with Crippen LogP contribution in [0, 0.1) is 5.92 Å². The van der Waals surface area contributed by atoms with E-state index in [0.717, 1.165) is 31.6 Å². The van der Waals surface area contributed by atoms with Gasteiger partial charge in [-0.15, -0.1) is 0 Å². The average molecular weight is 248 g/mol. The summed E-state index contributed by atoms with van der Waals surface area (Å²) in [6.45, 7) is 2.11. The molecule has 0 spiro atoms. The molecule has 1 aromatic carbocycles. The van der Waals surface area contributed by atoms with Crippen molar-refractivity contribution in [3.8, 4) is 0 Å². The Labute approximate surface area is 108 Å². The maximum Gasteiger partial charge on any atom is 0.241 e. The zero-order valence-electron chi connectivity index (χ0n) is 10.5. The highest BCUT2D eigenvalue weighted by molar-refractivity contribution is 5.80. The van der Waals surface area contributed by atoms with E-state index in [-0.39, 0.29) is 12.5 Å². The van der Waals surface area contributed by atoms with Gasteiger partial charge in [0, 0.05) is 25.4 Å². The van der Waals surface area contributed by atoms with Gasteiger partial charge in [-0.25, -0.2) is 0 Å². The summed E-state index contributed by atoms with van der Waals surface area (Å²) in [5.41, 5.74) is 0.969. The van der Waals surface area contributed by atoms with E-state index in [0.29, 0.717) is 12.5 Å². The first-order valence-corrected chi connectivity index (χ1v) is 6.47. The van der Waals surface area contributed by atoms with Crippen LogP contribution in [0.3, 0.4) is 0 Å². The summed E-state index contributed by atoms with van der Waals surface area (Å²) >= 11 is 0. The lowest BCUT2D eigenvalue weighted by atomic mass is 9.98. The van der Waals surface area contributed by atoms with Gasteiger partial charge in [0.25, 0.3) is 0 Å². The van der Waals surface area contributed by atoms with Crippen molar-refractivity contribution in [3.63, 3.8) is 0 Å². The molecule has 0 aromatic heterocycles. The van der Waals surface area contributed by atoms with Crippen LogP contribution in [0.25, 0.3) is 0 Å². The van der Waals surface area contributed by atoms with Crippen LogP contribution in [-0.2, 0) is 4.79 Å². The normalized spacial score (nSPS) is 16.6. The number of hydrogen-bond donors (Lipinski definition) is 2. The number of piperidine rings is 1. The highest BCUT2D eigenvalue weighted by Gasteiger charge is 2.21. The molecule has 4 nitrogen and oxygen atoms in total. The van der Waals surface area contributed by atoms with Gasteiger partial charge in [-0.3, -0.25) is 4.79 Å². The monoisotopic (exact) mass is 248 g/mol. The van der Waals surface area contributed by atoms with Gasteiger partial charge in [-0.1, -0.05) is 18.2 Å². The van der Waals surface area contributed by atoms with Gasteiger partial charge in [0.15, 0.2) is 0 Å². The Hall–Kier alpha value is -1.55. The number of hydrogen-bond acceptors (Lipinski definition) is 3. The number of aliphatic hydroxyl groups is 1. The number of likely N-dealkylation sites (tertiary alicyclic amines) is 1. The molecule has 1 aromatic rings. The van der Waals surface area contributed by atoms with Crippen molar-refractivity contribution < 1.29 is 9.90 Å². The summed E-state index contributed by atoms with van der Waals surface area (Å²) in [4.78, 5) is 13.8. The molecule has 98 valence electrons. The molecule has 0 atom stereocenters. The average Bonchev–Trinajstić information content (AvgIpc) is 2.46. The highest BCUT2D eigenvalue weighted by atomic mass is 16.3. The molecular weight excluding hydrogens is 228 g/mol. The number of nitrogens with zero attached hydrogens (tertiary/aromatic N) is 1. The van der Waals surface area contributed by atoms with E-state index in [1.54, 1.807) is 0 Å². The van der Waals surface area contributed by atoms with Crippen LogP contribution < -0.4 is 5.32 Å². The lowest BCUT2D eigenvalue weighted by molar-refractivity contribution is -0.130. The van der Waals surface area contributed by atoms with Crippen LogP contribution in [0.1, 0.15) is 12.8 Å². The zero-order valence-corrected chi connectivity index (χ0v) is 10.5. The van der Waals surface area contributed by atoms with Gasteiger partial charge in [0.2, 0.25) is 5.91 Å². The van der Waals surface area contributed by atoms with E-state index in [4.69, 9.17) is 5.11 Å².